The van der Waals surface area contributed by atoms with Gasteiger partial charge in [0.25, 0.3) is 0 Å². The van der Waals surface area contributed by atoms with Crippen molar-refractivity contribution in [3.63, 3.8) is 0 Å². The molecule has 14 nitrogen and oxygen atoms in total. The highest BCUT2D eigenvalue weighted by atomic mass is 79.9. The predicted molar refractivity (Wildman–Crippen MR) is 481 cm³/mol. The molecule has 2 N–H and O–H groups in total. The van der Waals surface area contributed by atoms with E-state index >= 15 is 0 Å². The fraction of sp³-hybridized carbons (Fsp3) is 0.261. The number of rotatable bonds is 16. The summed E-state index contributed by atoms with van der Waals surface area (Å²) in [7, 11) is 5.59. The summed E-state index contributed by atoms with van der Waals surface area (Å²) in [5, 5.41) is 48.5. The minimum Gasteiger partial charge on any atom is -0.481 e. The Kier molecular flexibility index (Phi) is 31.2. The zero-order chi connectivity index (χ0) is 82.4. The van der Waals surface area contributed by atoms with Crippen LogP contribution in [0.4, 0.5) is 0 Å². The van der Waals surface area contributed by atoms with E-state index in [-0.39, 0.29) is 31.3 Å². The minimum atomic E-state index is -0.970. The summed E-state index contributed by atoms with van der Waals surface area (Å²) in [6, 6.07) is 69.1. The van der Waals surface area contributed by atoms with Crippen LogP contribution in [-0.4, -0.2) is 74.8 Å². The van der Waals surface area contributed by atoms with Crippen molar-refractivity contribution < 1.29 is 57.9 Å². The molecule has 0 saturated heterocycles. The Labute approximate surface area is 710 Å². The van der Waals surface area contributed by atoms with Crippen molar-refractivity contribution in [1.29, 1.82) is 10.5 Å². The number of ether oxygens (including phenoxy) is 4. The Hall–Kier alpha value is -9.30. The molecule has 0 amide bonds. The van der Waals surface area contributed by atoms with Crippen LogP contribution in [-0.2, 0) is 62.2 Å². The number of esters is 4. The zero-order valence-electron chi connectivity index (χ0n) is 64.9. The summed E-state index contributed by atoms with van der Waals surface area (Å²) in [5.41, 5.74) is 2.96. The van der Waals surface area contributed by atoms with Crippen molar-refractivity contribution in [2.75, 3.05) is 28.4 Å². The van der Waals surface area contributed by atoms with E-state index in [0.717, 1.165) is 113 Å². The van der Waals surface area contributed by atoms with Crippen LogP contribution in [0.2, 0.25) is 0 Å². The van der Waals surface area contributed by atoms with Gasteiger partial charge in [0.1, 0.15) is 6.10 Å². The van der Waals surface area contributed by atoms with E-state index < -0.39 is 39.7 Å². The van der Waals surface area contributed by atoms with Gasteiger partial charge in [-0.25, -0.2) is 0 Å². The average Bonchev–Trinajstić information content (AvgIpc) is 1.40. The van der Waals surface area contributed by atoms with Crippen LogP contribution >= 0.6 is 104 Å². The molecule has 14 aromatic rings. The molecule has 0 aliphatic rings. The molecule has 5 heterocycles. The molecule has 0 aliphatic carbocycles. The number of nitrogens with zero attached hydrogens (tertiary/aromatic N) is 2. The van der Waals surface area contributed by atoms with Gasteiger partial charge in [-0.1, -0.05) is 172 Å². The predicted octanol–water partition coefficient (Wildman–Crippen LogP) is 25.8. The molecule has 9 aromatic carbocycles. The summed E-state index contributed by atoms with van der Waals surface area (Å²) in [6.07, 6.45) is 1.83. The summed E-state index contributed by atoms with van der Waals surface area (Å²) in [4.78, 5) is 72.8. The first kappa shape index (κ1) is 90.2. The monoisotopic (exact) mass is 1810 g/mol. The first-order valence-corrected chi connectivity index (χ1v) is 42.2. The number of carbonyl (C=O) groups is 6. The summed E-state index contributed by atoms with van der Waals surface area (Å²) >= 11 is 18.6. The highest BCUT2D eigenvalue weighted by molar-refractivity contribution is 9.11. The molecule has 1 atom stereocenters. The zero-order valence-corrected chi connectivity index (χ0v) is 73.7. The lowest BCUT2D eigenvalue weighted by atomic mass is 9.85. The van der Waals surface area contributed by atoms with E-state index in [9.17, 15) is 49.5 Å². The fourth-order valence-electron chi connectivity index (χ4n) is 12.6. The summed E-state index contributed by atoms with van der Waals surface area (Å²) in [5.74, 6) is -1.72. The number of aliphatic hydroxyl groups excluding tert-OH is 1. The molecule has 1 unspecified atom stereocenters. The molecule has 114 heavy (non-hydrogen) atoms. The van der Waals surface area contributed by atoms with E-state index in [1.807, 2.05) is 161 Å². The number of hydrogen-bond donors (Lipinski definition) is 2. The number of hydrogen-bond acceptors (Lipinski definition) is 18. The van der Waals surface area contributed by atoms with E-state index in [1.165, 1.54) is 76.2 Å². The van der Waals surface area contributed by atoms with E-state index in [1.54, 1.807) is 75.6 Å². The van der Waals surface area contributed by atoms with Crippen molar-refractivity contribution in [3.8, 4) is 34.4 Å². The van der Waals surface area contributed by atoms with Gasteiger partial charge in [-0.15, -0.1) is 56.7 Å². The Morgan fingerprint density at radius 2 is 0.763 bits per heavy atom. The van der Waals surface area contributed by atoms with Crippen molar-refractivity contribution in [3.05, 3.63) is 243 Å². The van der Waals surface area contributed by atoms with Gasteiger partial charge in [-0.05, 0) is 199 Å². The van der Waals surface area contributed by atoms with Gasteiger partial charge in [-0.2, -0.15) is 10.5 Å². The van der Waals surface area contributed by atoms with Crippen LogP contribution < -0.4 is 0 Å². The smallest absolute Gasteiger partial charge is 0.314 e. The van der Waals surface area contributed by atoms with Crippen molar-refractivity contribution in [2.24, 2.45) is 27.6 Å². The second-order valence-corrected chi connectivity index (χ2v) is 37.6. The van der Waals surface area contributed by atoms with Crippen LogP contribution in [0.25, 0.3) is 94.2 Å². The van der Waals surface area contributed by atoms with Gasteiger partial charge in [0.05, 0.1) is 84.2 Å². The Morgan fingerprint density at radius 3 is 1.11 bits per heavy atom. The number of benzene rings is 9. The van der Waals surface area contributed by atoms with Crippen LogP contribution in [0, 0.1) is 50.2 Å². The standard InChI is InChI=1S/C25H21NO2S.C24H19NO2S.C14H15BrO3S.C14H15BrO2S.C9H5BrOS.C5H10O2.CH4/c1-25(2,24(27)28-3)14-17-13-22-20(9-6-10-23(22)29-17)21-12-11-16(15-26)18-7-4-5-8-19(18)21;1-24(2,23(26)27)13-16-12-21-19(8-5-9-22(21)28-16)20-11-10-15(14-25)17-6-3-4-7-18(17)20;1-14(2,13(17)18-3)12(16)11-7-8-9(15)5-4-6-10(8)19-11;1-14(2,13(16)17-3)8-9-7-10-11(15)5-4-6-12(10)18-9;10-8-2-1-3-9-7(8)4-6(5-11)12-9;1-4(2)5(6)7-3;/h4-13H,14H2,1-3H3;3-12H,13H2,1-2H3,(H,26,27);4-7,12,16H,1-3H3;4-7H,8H2,1-3H3;1-5H;4H,1-3H3;1H4. The van der Waals surface area contributed by atoms with Crippen LogP contribution in [0.15, 0.2) is 208 Å². The van der Waals surface area contributed by atoms with Crippen molar-refractivity contribution >= 4 is 213 Å². The highest BCUT2D eigenvalue weighted by Gasteiger charge is 2.39. The molecule has 14 rings (SSSR count). The third kappa shape index (κ3) is 21.2. The number of carboxylic acid groups (broad SMARTS) is 1. The normalized spacial score (nSPS) is 11.6. The SMILES string of the molecule is C.CC(C)(Cc1cc2c(-c3ccc(C#N)c4ccccc34)cccc2s1)C(=O)O.COC(=O)C(C)(C)C(O)c1cc2c(Br)cccc2s1.COC(=O)C(C)(C)Cc1cc2c(-c3ccc(C#N)c4ccccc34)cccc2s1.COC(=O)C(C)(C)Cc1cc2c(Br)cccc2s1.COC(=O)C(C)C.O=Cc1cc2c(Br)cccc2s1. The molecule has 22 heteroatoms. The van der Waals surface area contributed by atoms with Crippen LogP contribution in [0.1, 0.15) is 123 Å². The topological polar surface area (TPSA) is 227 Å². The lowest BCUT2D eigenvalue weighted by molar-refractivity contribution is -0.157. The van der Waals surface area contributed by atoms with Gasteiger partial charge in [0.15, 0.2) is 6.29 Å². The number of aliphatic carboxylic acids is 1. The van der Waals surface area contributed by atoms with Gasteiger partial charge in [-0.3, -0.25) is 28.8 Å². The number of methoxy groups -OCH3 is 4. The Morgan fingerprint density at radius 1 is 0.421 bits per heavy atom. The minimum absolute atomic E-state index is 0. The molecule has 0 radical (unpaired) electrons. The van der Waals surface area contributed by atoms with Crippen molar-refractivity contribution in [1.82, 2.24) is 0 Å². The number of carbonyl (C=O) groups excluding carboxylic acids is 5. The maximum Gasteiger partial charge on any atom is 0.314 e. The van der Waals surface area contributed by atoms with Gasteiger partial charge in [0.2, 0.25) is 0 Å². The van der Waals surface area contributed by atoms with Crippen molar-refractivity contribution in [2.45, 2.75) is 102 Å². The molecule has 0 fully saturated rings. The number of carboxylic acids is 1. The largest absolute Gasteiger partial charge is 0.481 e. The average molecular weight is 1810 g/mol. The number of halogens is 3. The lowest BCUT2D eigenvalue weighted by Gasteiger charge is -2.26. The number of nitriles is 2. The molecular formula is C92H89Br3N2O12S5. The molecule has 590 valence electrons. The summed E-state index contributed by atoms with van der Waals surface area (Å²) in [6.45, 7) is 18.1. The maximum absolute atomic E-state index is 12.1. The van der Waals surface area contributed by atoms with Gasteiger partial charge in [0, 0.05) is 94.1 Å². The van der Waals surface area contributed by atoms with Crippen LogP contribution in [0.3, 0.4) is 0 Å². The second-order valence-electron chi connectivity index (χ2n) is 29.3. The molecule has 0 saturated carbocycles. The van der Waals surface area contributed by atoms with Gasteiger partial charge < -0.3 is 29.2 Å². The first-order chi connectivity index (χ1) is 53.6. The Balaban J connectivity index is 0.000000179. The number of aliphatic hydroxyl groups is 1. The molecular weight excluding hydrogens is 1730 g/mol. The fourth-order valence-corrected chi connectivity index (χ4v) is 20.6. The van der Waals surface area contributed by atoms with E-state index in [2.05, 4.69) is 125 Å². The van der Waals surface area contributed by atoms with Crippen LogP contribution in [0.5, 0.6) is 0 Å². The Bertz CT molecular complexity index is 5950. The summed E-state index contributed by atoms with van der Waals surface area (Å²) < 4.78 is 27.8. The highest BCUT2D eigenvalue weighted by Crippen LogP contribution is 2.45. The number of thiophene rings is 5. The lowest BCUT2D eigenvalue weighted by Crippen LogP contribution is -2.32. The second kappa shape index (κ2) is 39.4. The molecule has 0 bridgehead atoms. The maximum atomic E-state index is 12.1. The van der Waals surface area contributed by atoms with E-state index in [4.69, 9.17) is 14.2 Å². The molecule has 0 spiro atoms. The first-order valence-electron chi connectivity index (χ1n) is 35.8. The van der Waals surface area contributed by atoms with Gasteiger partial charge >= 0.3 is 29.8 Å². The molecule has 5 aromatic heterocycles. The third-order valence-corrected chi connectivity index (χ3v) is 26.4. The van der Waals surface area contributed by atoms with E-state index in [0.29, 0.717) is 30.4 Å². The molecule has 0 aliphatic heterocycles. The number of aldehydes is 1. The number of fused-ring (bicyclic) bond motifs is 7. The third-order valence-electron chi connectivity index (χ3n) is 18.9. The quantitative estimate of drug-likeness (QED) is 0.0521.